The quantitative estimate of drug-likeness (QED) is 0.231. The Morgan fingerprint density at radius 2 is 0.935 bits per heavy atom. The van der Waals surface area contributed by atoms with E-state index in [2.05, 4.69) is 83.1 Å². The van der Waals surface area contributed by atoms with Crippen molar-refractivity contribution in [3.63, 3.8) is 0 Å². The van der Waals surface area contributed by atoms with Crippen molar-refractivity contribution in [2.45, 2.75) is 40.0 Å². The van der Waals surface area contributed by atoms with Gasteiger partial charge in [0, 0.05) is 13.2 Å². The second-order valence-electron chi connectivity index (χ2n) is 3.19. The Balaban J connectivity index is -0.0000000283. The molecule has 192 valence electrons. The van der Waals surface area contributed by atoms with Gasteiger partial charge in [-0.15, -0.1) is 78.9 Å². The highest BCUT2D eigenvalue weighted by Crippen LogP contribution is 1.96. The van der Waals surface area contributed by atoms with Crippen molar-refractivity contribution in [3.05, 3.63) is 78.9 Å². The van der Waals surface area contributed by atoms with Gasteiger partial charge in [-0.1, -0.05) is 19.8 Å². The first kappa shape index (κ1) is 56.9. The average Bonchev–Trinajstić information content (AvgIpc) is 2.85. The van der Waals surface area contributed by atoms with E-state index in [0.29, 0.717) is 6.42 Å². The summed E-state index contributed by atoms with van der Waals surface area (Å²) in [5.41, 5.74) is 0. The summed E-state index contributed by atoms with van der Waals surface area (Å²) in [5.74, 6) is 0. The minimum Gasteiger partial charge on any atom is -0.394 e. The Morgan fingerprint density at radius 1 is 0.645 bits per heavy atom. The number of aliphatic hydroxyl groups excluding tert-OH is 2. The summed E-state index contributed by atoms with van der Waals surface area (Å²) in [7, 11) is -4.20. The molecule has 0 spiro atoms. The van der Waals surface area contributed by atoms with Gasteiger partial charge >= 0.3 is 10.4 Å². The molecule has 8 heteroatoms. The van der Waals surface area contributed by atoms with Crippen LogP contribution in [0.5, 0.6) is 0 Å². The molecule has 0 aromatic rings. The summed E-state index contributed by atoms with van der Waals surface area (Å²) in [4.78, 5) is 0. The predicted octanol–water partition coefficient (Wildman–Crippen LogP) is 5.82. The molecule has 0 rings (SSSR count). The fourth-order valence-corrected chi connectivity index (χ4v) is 1.05. The first-order valence-electron chi connectivity index (χ1n) is 9.30. The van der Waals surface area contributed by atoms with E-state index in [1.54, 1.807) is 0 Å². The molecular formula is C23H52O7S. The lowest BCUT2D eigenvalue weighted by atomic mass is 10.3. The van der Waals surface area contributed by atoms with Crippen molar-refractivity contribution >= 4 is 10.4 Å². The molecule has 0 aromatic heterocycles. The van der Waals surface area contributed by atoms with Crippen LogP contribution in [0.4, 0.5) is 0 Å². The highest BCUT2D eigenvalue weighted by molar-refractivity contribution is 7.80. The molecule has 7 nitrogen and oxygen atoms in total. The molecular weight excluding hydrogens is 420 g/mol. The van der Waals surface area contributed by atoms with E-state index in [-0.39, 0.29) is 19.8 Å². The zero-order valence-electron chi connectivity index (χ0n) is 20.5. The van der Waals surface area contributed by atoms with Crippen molar-refractivity contribution in [2.24, 2.45) is 0 Å². The van der Waals surface area contributed by atoms with Crippen LogP contribution in [0.3, 0.4) is 0 Å². The molecule has 0 saturated heterocycles. The second kappa shape index (κ2) is 104. The van der Waals surface area contributed by atoms with E-state index in [1.165, 1.54) is 0 Å². The molecule has 0 aliphatic rings. The minimum absolute atomic E-state index is 0.0761. The monoisotopic (exact) mass is 472 g/mol. The van der Waals surface area contributed by atoms with Crippen molar-refractivity contribution in [2.75, 3.05) is 33.0 Å². The van der Waals surface area contributed by atoms with Crippen molar-refractivity contribution < 1.29 is 32.1 Å². The van der Waals surface area contributed by atoms with E-state index in [4.69, 9.17) is 19.5 Å². The Labute approximate surface area is 194 Å². The Morgan fingerprint density at radius 3 is 1.06 bits per heavy atom. The summed E-state index contributed by atoms with van der Waals surface area (Å²) in [6, 6.07) is 0. The molecule has 0 saturated carbocycles. The summed E-state index contributed by atoms with van der Waals surface area (Å²) in [5, 5.41) is 15.2. The lowest BCUT2D eigenvalue weighted by Crippen LogP contribution is -2.04. The zero-order valence-corrected chi connectivity index (χ0v) is 21.3. The van der Waals surface area contributed by atoms with Gasteiger partial charge in [0.2, 0.25) is 0 Å². The normalized spacial score (nSPS) is 6.90. The largest absolute Gasteiger partial charge is 0.397 e. The average molecular weight is 473 g/mol. The Hall–Kier alpha value is -1.81. The number of aliphatic hydroxyl groups is 2. The van der Waals surface area contributed by atoms with Crippen LogP contribution in [0.25, 0.3) is 0 Å². The SMILES string of the molecule is C=C.C=C.C=C.C=C.C=C.C=C.CCCCCOS(=O)(=O)O.CCOCC.OCCO. The summed E-state index contributed by atoms with van der Waals surface area (Å²) >= 11 is 0. The van der Waals surface area contributed by atoms with E-state index >= 15 is 0 Å². The molecule has 0 aliphatic carbocycles. The summed E-state index contributed by atoms with van der Waals surface area (Å²) in [6.45, 7) is 43.5. The molecule has 0 unspecified atom stereocenters. The highest BCUT2D eigenvalue weighted by atomic mass is 32.3. The molecule has 0 heterocycles. The van der Waals surface area contributed by atoms with Crippen LogP contribution >= 0.6 is 0 Å². The zero-order chi connectivity index (χ0) is 27.6. The topological polar surface area (TPSA) is 113 Å². The Kier molecular flexibility index (Phi) is 190. The standard InChI is InChI=1S/C5H12O4S.C4H10O.C2H6O2.6C2H4/c1-2-3-4-5-9-10(6,7)8;1-3-5-4-2;3-1-2-4;6*1-2/h2-5H2,1H3,(H,6,7,8);3-4H2,1-2H3;3-4H,1-2H2;6*1-2H2. The van der Waals surface area contributed by atoms with E-state index < -0.39 is 10.4 Å². The third kappa shape index (κ3) is 288. The number of rotatable bonds is 8. The van der Waals surface area contributed by atoms with Gasteiger partial charge in [-0.3, -0.25) is 4.55 Å². The molecule has 0 aromatic carbocycles. The van der Waals surface area contributed by atoms with E-state index in [0.717, 1.165) is 26.1 Å². The second-order valence-corrected chi connectivity index (χ2v) is 4.28. The first-order chi connectivity index (χ1) is 14.9. The summed E-state index contributed by atoms with van der Waals surface area (Å²) < 4.78 is 36.8. The third-order valence-electron chi connectivity index (χ3n) is 1.49. The number of hydrogen-bond donors (Lipinski definition) is 3. The molecule has 0 fully saturated rings. The van der Waals surface area contributed by atoms with Crippen LogP contribution in [-0.4, -0.2) is 56.2 Å². The van der Waals surface area contributed by atoms with Gasteiger partial charge in [0.25, 0.3) is 0 Å². The van der Waals surface area contributed by atoms with Gasteiger partial charge in [0.1, 0.15) is 0 Å². The van der Waals surface area contributed by atoms with Gasteiger partial charge in [0.15, 0.2) is 0 Å². The van der Waals surface area contributed by atoms with Crippen molar-refractivity contribution in [1.29, 1.82) is 0 Å². The van der Waals surface area contributed by atoms with Crippen LogP contribution in [0.2, 0.25) is 0 Å². The maximum atomic E-state index is 9.93. The molecule has 3 N–H and O–H groups in total. The molecule has 0 aliphatic heterocycles. The summed E-state index contributed by atoms with van der Waals surface area (Å²) in [6.07, 6.45) is 2.57. The number of ether oxygens (including phenoxy) is 1. The highest BCUT2D eigenvalue weighted by Gasteiger charge is 2.01. The van der Waals surface area contributed by atoms with Crippen LogP contribution in [0, 0.1) is 0 Å². The maximum absolute atomic E-state index is 9.93. The molecule has 0 radical (unpaired) electrons. The first-order valence-corrected chi connectivity index (χ1v) is 10.7. The number of hydrogen-bond acceptors (Lipinski definition) is 6. The van der Waals surface area contributed by atoms with Crippen molar-refractivity contribution in [3.8, 4) is 0 Å². The van der Waals surface area contributed by atoms with Crippen LogP contribution in [-0.2, 0) is 19.3 Å². The minimum atomic E-state index is -4.20. The van der Waals surface area contributed by atoms with Gasteiger partial charge in [0.05, 0.1) is 19.8 Å². The lowest BCUT2D eigenvalue weighted by Gasteiger charge is -1.96. The van der Waals surface area contributed by atoms with Crippen LogP contribution in [0.15, 0.2) is 78.9 Å². The van der Waals surface area contributed by atoms with Gasteiger partial charge < -0.3 is 14.9 Å². The van der Waals surface area contributed by atoms with Crippen LogP contribution < -0.4 is 0 Å². The van der Waals surface area contributed by atoms with Crippen LogP contribution in [0.1, 0.15) is 40.0 Å². The van der Waals surface area contributed by atoms with E-state index in [1.807, 2.05) is 20.8 Å². The third-order valence-corrected chi connectivity index (χ3v) is 1.95. The van der Waals surface area contributed by atoms with Crippen molar-refractivity contribution in [1.82, 2.24) is 0 Å². The smallest absolute Gasteiger partial charge is 0.394 e. The van der Waals surface area contributed by atoms with Gasteiger partial charge in [-0.25, -0.2) is 4.18 Å². The number of unbranched alkanes of at least 4 members (excludes halogenated alkanes) is 2. The Bertz CT molecular complexity index is 292. The lowest BCUT2D eigenvalue weighted by molar-refractivity contribution is 0.162. The van der Waals surface area contributed by atoms with Gasteiger partial charge in [-0.05, 0) is 20.3 Å². The molecule has 0 atom stereocenters. The molecule has 31 heavy (non-hydrogen) atoms. The molecule has 0 amide bonds. The van der Waals surface area contributed by atoms with E-state index in [9.17, 15) is 8.42 Å². The maximum Gasteiger partial charge on any atom is 0.397 e. The van der Waals surface area contributed by atoms with Gasteiger partial charge in [-0.2, -0.15) is 8.42 Å². The molecule has 0 bridgehead atoms. The fraction of sp³-hybridized carbons (Fsp3) is 0.478. The fourth-order valence-electron chi connectivity index (χ4n) is 0.720. The predicted molar refractivity (Wildman–Crippen MR) is 141 cm³/mol.